The third-order valence-electron chi connectivity index (χ3n) is 0.630. The first kappa shape index (κ1) is 6.47. The molecule has 10 heavy (non-hydrogen) atoms. The van der Waals surface area contributed by atoms with Crippen LogP contribution >= 0.6 is 0 Å². The van der Waals surface area contributed by atoms with E-state index in [0.29, 0.717) is 0 Å². The van der Waals surface area contributed by atoms with Crippen LogP contribution in [0.4, 0.5) is 0 Å². The highest BCUT2D eigenvalue weighted by Gasteiger charge is 1.60. The summed E-state index contributed by atoms with van der Waals surface area (Å²) in [5.41, 5.74) is 0. The molecule has 0 saturated carbocycles. The van der Waals surface area contributed by atoms with Crippen molar-refractivity contribution in [1.82, 2.24) is 15.2 Å². The van der Waals surface area contributed by atoms with Crippen LogP contribution in [0.25, 0.3) is 0 Å². The Balaban J connectivity index is 0.0000001000. The average molecular weight is 139 g/mol. The molecule has 0 bridgehead atoms. The predicted octanol–water partition coefficient (Wildman–Crippen LogP) is 0.744. The minimum atomic E-state index is 1.26. The van der Waals surface area contributed by atoms with Crippen LogP contribution in [0.2, 0.25) is 0 Å². The quantitative estimate of drug-likeness (QED) is 0.538. The highest BCUT2D eigenvalue weighted by Crippen LogP contribution is 1.72. The first-order chi connectivity index (χ1) is 5.00. The van der Waals surface area contributed by atoms with E-state index >= 15 is 0 Å². The van der Waals surface area contributed by atoms with Crippen molar-refractivity contribution in [1.29, 1.82) is 0 Å². The lowest BCUT2D eigenvalue weighted by atomic mass is 11.0. The van der Waals surface area contributed by atoms with Gasteiger partial charge in [-0.1, -0.05) is 0 Å². The van der Waals surface area contributed by atoms with Crippen LogP contribution in [0.3, 0.4) is 0 Å². The second kappa shape index (κ2) is 4.25. The summed E-state index contributed by atoms with van der Waals surface area (Å²) in [4.78, 5) is 3.56. The van der Waals surface area contributed by atoms with Gasteiger partial charge in [0.05, 0.1) is 6.20 Å². The van der Waals surface area contributed by atoms with Gasteiger partial charge in [0.15, 0.2) is 6.39 Å². The van der Waals surface area contributed by atoms with E-state index in [2.05, 4.69) is 24.0 Å². The van der Waals surface area contributed by atoms with Crippen LogP contribution in [-0.2, 0) is 0 Å². The summed E-state index contributed by atoms with van der Waals surface area (Å²) in [6.45, 7) is 0. The summed E-state index contributed by atoms with van der Waals surface area (Å²) in [7, 11) is 0. The molecule has 5 nitrogen and oxygen atoms in total. The zero-order valence-electron chi connectivity index (χ0n) is 5.04. The maximum absolute atomic E-state index is 4.47. The molecule has 0 amide bonds. The molecular formula is C5H5N3O2. The smallest absolute Gasteiger partial charge is 0.203 e. The van der Waals surface area contributed by atoms with E-state index < -0.39 is 0 Å². The molecule has 0 spiro atoms. The number of aromatic nitrogens is 3. The fourth-order valence-corrected chi connectivity index (χ4v) is 0.312. The summed E-state index contributed by atoms with van der Waals surface area (Å²) in [6.07, 6.45) is 7.00. The lowest BCUT2D eigenvalue weighted by molar-refractivity contribution is 0.553. The Morgan fingerprint density at radius 3 is 1.90 bits per heavy atom. The molecule has 0 aliphatic heterocycles. The second-order valence-corrected chi connectivity index (χ2v) is 1.25. The van der Waals surface area contributed by atoms with Crippen molar-refractivity contribution in [2.24, 2.45) is 0 Å². The van der Waals surface area contributed by atoms with E-state index in [1.54, 1.807) is 6.20 Å². The minimum absolute atomic E-state index is 1.26. The van der Waals surface area contributed by atoms with Gasteiger partial charge in [0.25, 0.3) is 0 Å². The Bertz CT molecular complexity index is 154. The van der Waals surface area contributed by atoms with Crippen LogP contribution in [-0.4, -0.2) is 15.2 Å². The molecule has 0 aromatic carbocycles. The summed E-state index contributed by atoms with van der Waals surface area (Å²) in [6, 6.07) is 0. The zero-order chi connectivity index (χ0) is 7.07. The molecule has 5 heteroatoms. The Morgan fingerprint density at radius 1 is 0.900 bits per heavy atom. The number of nitrogens with zero attached hydrogens (tertiary/aromatic N) is 3. The molecule has 0 unspecified atom stereocenters. The number of oxazole rings is 1. The maximum Gasteiger partial charge on any atom is 0.203 e. The van der Waals surface area contributed by atoms with Gasteiger partial charge >= 0.3 is 0 Å². The largest absolute Gasteiger partial charge is 0.452 e. The highest BCUT2D eigenvalue weighted by molar-refractivity contribution is 4.56. The van der Waals surface area contributed by atoms with Crippen molar-refractivity contribution < 1.29 is 8.83 Å². The number of hydrogen-bond acceptors (Lipinski definition) is 5. The van der Waals surface area contributed by atoms with E-state index in [-0.39, 0.29) is 0 Å². The molecule has 0 fully saturated rings. The third kappa shape index (κ3) is 2.61. The third-order valence-corrected chi connectivity index (χ3v) is 0.630. The lowest BCUT2D eigenvalue weighted by Crippen LogP contribution is -1.53. The van der Waals surface area contributed by atoms with Gasteiger partial charge in [-0.15, -0.1) is 10.2 Å². The molecule has 0 atom stereocenters. The highest BCUT2D eigenvalue weighted by atomic mass is 16.3. The van der Waals surface area contributed by atoms with E-state index in [0.717, 1.165) is 0 Å². The molecule has 0 N–H and O–H groups in total. The van der Waals surface area contributed by atoms with Crippen LogP contribution in [0.1, 0.15) is 0 Å². The zero-order valence-corrected chi connectivity index (χ0v) is 5.04. The van der Waals surface area contributed by atoms with E-state index in [1.807, 2.05) is 0 Å². The topological polar surface area (TPSA) is 65.0 Å². The molecule has 0 aliphatic carbocycles. The van der Waals surface area contributed by atoms with E-state index in [9.17, 15) is 0 Å². The van der Waals surface area contributed by atoms with Gasteiger partial charge in [0.2, 0.25) is 12.8 Å². The summed E-state index contributed by atoms with van der Waals surface area (Å²) >= 11 is 0. The van der Waals surface area contributed by atoms with E-state index in [1.165, 1.54) is 25.4 Å². The number of rotatable bonds is 0. The Labute approximate surface area is 56.7 Å². The average Bonchev–Trinajstić information content (AvgIpc) is 2.67. The predicted molar refractivity (Wildman–Crippen MR) is 30.8 cm³/mol. The monoisotopic (exact) mass is 139 g/mol. The second-order valence-electron chi connectivity index (χ2n) is 1.25. The summed E-state index contributed by atoms with van der Waals surface area (Å²) in [5, 5.41) is 6.61. The molecule has 2 aromatic heterocycles. The lowest BCUT2D eigenvalue weighted by Gasteiger charge is -1.47. The van der Waals surface area contributed by atoms with Gasteiger partial charge in [-0.2, -0.15) is 0 Å². The van der Waals surface area contributed by atoms with Gasteiger partial charge in [0.1, 0.15) is 6.26 Å². The normalized spacial score (nSPS) is 8.00. The fraction of sp³-hybridized carbons (Fsp3) is 0. The minimum Gasteiger partial charge on any atom is -0.452 e. The molecule has 2 aromatic rings. The van der Waals surface area contributed by atoms with Crippen LogP contribution in [0.5, 0.6) is 0 Å². The first-order valence-corrected chi connectivity index (χ1v) is 2.51. The molecule has 2 rings (SSSR count). The van der Waals surface area contributed by atoms with Crippen molar-refractivity contribution in [2.45, 2.75) is 0 Å². The summed E-state index contributed by atoms with van der Waals surface area (Å²) in [5.74, 6) is 0. The van der Waals surface area contributed by atoms with Crippen molar-refractivity contribution in [3.63, 3.8) is 0 Å². The standard InChI is InChI=1S/C3H3NO.C2H2N2O/c1-2-5-3-4-1;1-3-4-2-5-1/h1-3H;1-2H. The van der Waals surface area contributed by atoms with Crippen LogP contribution in [0.15, 0.2) is 40.5 Å². The maximum atomic E-state index is 4.47. The molecule has 0 saturated heterocycles. The van der Waals surface area contributed by atoms with Crippen molar-refractivity contribution in [2.75, 3.05) is 0 Å². The molecular weight excluding hydrogens is 134 g/mol. The van der Waals surface area contributed by atoms with Crippen molar-refractivity contribution in [3.05, 3.63) is 31.6 Å². The van der Waals surface area contributed by atoms with E-state index in [4.69, 9.17) is 0 Å². The SMILES string of the molecule is c1cocn1.c1nnco1. The fourth-order valence-electron chi connectivity index (χ4n) is 0.312. The Morgan fingerprint density at radius 2 is 1.70 bits per heavy atom. The van der Waals surface area contributed by atoms with Gasteiger partial charge in [0, 0.05) is 0 Å². The molecule has 2 heterocycles. The van der Waals surface area contributed by atoms with Crippen LogP contribution in [0, 0.1) is 0 Å². The van der Waals surface area contributed by atoms with Gasteiger partial charge < -0.3 is 8.83 Å². The Kier molecular flexibility index (Phi) is 2.75. The van der Waals surface area contributed by atoms with Gasteiger partial charge in [-0.05, 0) is 0 Å². The van der Waals surface area contributed by atoms with Crippen molar-refractivity contribution in [3.8, 4) is 0 Å². The molecule has 0 radical (unpaired) electrons. The Hall–Kier alpha value is -1.65. The molecule has 0 aliphatic rings. The summed E-state index contributed by atoms with van der Waals surface area (Å²) < 4.78 is 8.83. The first-order valence-electron chi connectivity index (χ1n) is 2.51. The van der Waals surface area contributed by atoms with Crippen LogP contribution < -0.4 is 0 Å². The molecule has 52 valence electrons. The van der Waals surface area contributed by atoms with Gasteiger partial charge in [-0.25, -0.2) is 4.98 Å². The van der Waals surface area contributed by atoms with Crippen molar-refractivity contribution >= 4 is 0 Å². The number of hydrogen-bond donors (Lipinski definition) is 0. The van der Waals surface area contributed by atoms with Gasteiger partial charge in [-0.3, -0.25) is 0 Å².